The summed E-state index contributed by atoms with van der Waals surface area (Å²) in [7, 11) is 0. The van der Waals surface area contributed by atoms with Crippen molar-refractivity contribution in [3.8, 4) is 11.1 Å². The molecule has 0 bridgehead atoms. The topological polar surface area (TPSA) is 34.6 Å². The van der Waals surface area contributed by atoms with Gasteiger partial charge in [0.25, 0.3) is 0 Å². The van der Waals surface area contributed by atoms with Crippen LogP contribution in [0.15, 0.2) is 181 Å². The fourth-order valence-corrected chi connectivity index (χ4v) is 8.83. The van der Waals surface area contributed by atoms with Gasteiger partial charge >= 0.3 is 0 Å². The normalized spacial score (nSPS) is 12.7. The number of anilines is 5. The molecule has 0 radical (unpaired) electrons. The van der Waals surface area contributed by atoms with Gasteiger partial charge in [0.15, 0.2) is 0 Å². The molecule has 1 N–H and O–H groups in total. The Kier molecular flexibility index (Phi) is 7.03. The van der Waals surface area contributed by atoms with Gasteiger partial charge in [-0.2, -0.15) is 0 Å². The van der Waals surface area contributed by atoms with Crippen molar-refractivity contribution in [3.05, 3.63) is 176 Å². The molecule has 9 aromatic rings. The molecule has 7 aromatic carbocycles. The second-order valence-electron chi connectivity index (χ2n) is 12.9. The van der Waals surface area contributed by atoms with Gasteiger partial charge in [0.05, 0.1) is 17.9 Å². The summed E-state index contributed by atoms with van der Waals surface area (Å²) >= 11 is 1.89. The minimum absolute atomic E-state index is 0.688. The highest BCUT2D eigenvalue weighted by atomic mass is 32.1. The lowest BCUT2D eigenvalue weighted by Gasteiger charge is -2.29. The Labute approximate surface area is 299 Å². The lowest BCUT2D eigenvalue weighted by molar-refractivity contribution is 1.22. The van der Waals surface area contributed by atoms with Crippen LogP contribution in [-0.2, 0) is 0 Å². The zero-order chi connectivity index (χ0) is 33.7. The molecule has 0 unspecified atom stereocenters. The Hall–Kier alpha value is -6.43. The van der Waals surface area contributed by atoms with Gasteiger partial charge in [-0.05, 0) is 88.0 Å². The smallest absolute Gasteiger partial charge is 0.0636 e. The average Bonchev–Trinajstić information content (AvgIpc) is 3.99. The molecule has 242 valence electrons. The van der Waals surface area contributed by atoms with E-state index >= 15 is 0 Å². The van der Waals surface area contributed by atoms with Gasteiger partial charge in [0.1, 0.15) is 0 Å². The summed E-state index contributed by atoms with van der Waals surface area (Å²) in [4.78, 5) is 12.4. The molecule has 51 heavy (non-hydrogen) atoms. The summed E-state index contributed by atoms with van der Waals surface area (Å²) < 4.78 is 2.66. The molecule has 1 aliphatic rings. The monoisotopic (exact) mass is 672 g/mol. The lowest BCUT2D eigenvalue weighted by Crippen LogP contribution is -2.17. The molecule has 0 aliphatic carbocycles. The van der Waals surface area contributed by atoms with Crippen molar-refractivity contribution in [2.45, 2.75) is 0 Å². The van der Waals surface area contributed by atoms with Gasteiger partial charge in [-0.15, -0.1) is 11.3 Å². The summed E-state index contributed by atoms with van der Waals surface area (Å²) in [6.45, 7) is 0.688. The van der Waals surface area contributed by atoms with Crippen molar-refractivity contribution in [3.63, 3.8) is 0 Å². The van der Waals surface area contributed by atoms with Crippen LogP contribution in [0.5, 0.6) is 0 Å². The number of allylic oxidation sites excluding steroid dienone is 1. The van der Waals surface area contributed by atoms with E-state index < -0.39 is 0 Å². The third kappa shape index (κ3) is 5.01. The first-order chi connectivity index (χ1) is 25.3. The summed E-state index contributed by atoms with van der Waals surface area (Å²) in [6, 6.07) is 55.1. The largest absolute Gasteiger partial charge is 0.366 e. The number of aliphatic imine (C=N–C) groups is 1. The minimum Gasteiger partial charge on any atom is -0.366 e. The number of aromatic nitrogens is 1. The van der Waals surface area contributed by atoms with Crippen molar-refractivity contribution in [2.24, 2.45) is 4.99 Å². The number of thiophene rings is 1. The maximum Gasteiger partial charge on any atom is 0.0636 e. The summed E-state index contributed by atoms with van der Waals surface area (Å²) in [5.41, 5.74) is 8.86. The molecular weight excluding hydrogens is 641 g/mol. The number of hydrogen-bond acceptors (Lipinski definition) is 4. The minimum atomic E-state index is 0.688. The lowest BCUT2D eigenvalue weighted by atomic mass is 9.96. The second kappa shape index (κ2) is 12.2. The SMILES string of the molecule is C1=NCC=C1N(c1cc[nH]c1)c1cccc(N(c2ccc(-c3ccccc3)cc2)c2ccc3c(c2)c2ccccc2c2c4ccccc4sc32)c1. The van der Waals surface area contributed by atoms with Crippen LogP contribution in [0.3, 0.4) is 0 Å². The fraction of sp³-hybridized carbons (Fsp3) is 0.0217. The molecule has 10 rings (SSSR count). The first-order valence-electron chi connectivity index (χ1n) is 17.2. The van der Waals surface area contributed by atoms with E-state index in [0.717, 1.165) is 34.1 Å². The van der Waals surface area contributed by atoms with Gasteiger partial charge in [-0.25, -0.2) is 0 Å². The van der Waals surface area contributed by atoms with Gasteiger partial charge in [0.2, 0.25) is 0 Å². The summed E-state index contributed by atoms with van der Waals surface area (Å²) in [6.07, 6.45) is 8.13. The number of hydrogen-bond donors (Lipinski definition) is 1. The Morgan fingerprint density at radius 2 is 1.22 bits per heavy atom. The number of aromatic amines is 1. The van der Waals surface area contributed by atoms with E-state index in [4.69, 9.17) is 0 Å². The third-order valence-corrected chi connectivity index (χ3v) is 11.1. The van der Waals surface area contributed by atoms with E-state index in [1.165, 1.54) is 52.8 Å². The molecule has 2 aromatic heterocycles. The number of benzene rings is 7. The van der Waals surface area contributed by atoms with Crippen LogP contribution in [0.4, 0.5) is 28.4 Å². The van der Waals surface area contributed by atoms with Crippen LogP contribution in [-0.4, -0.2) is 17.7 Å². The Morgan fingerprint density at radius 3 is 2.00 bits per heavy atom. The number of rotatable bonds is 7. The first-order valence-corrected chi connectivity index (χ1v) is 18.1. The van der Waals surface area contributed by atoms with E-state index in [0.29, 0.717) is 6.54 Å². The molecular formula is C46H32N4S. The number of nitrogens with one attached hydrogen (secondary N) is 1. The van der Waals surface area contributed by atoms with Crippen LogP contribution >= 0.6 is 11.3 Å². The van der Waals surface area contributed by atoms with E-state index in [1.54, 1.807) is 0 Å². The van der Waals surface area contributed by atoms with E-state index in [-0.39, 0.29) is 0 Å². The quantitative estimate of drug-likeness (QED) is 0.171. The molecule has 0 spiro atoms. The Balaban J connectivity index is 1.19. The number of fused-ring (bicyclic) bond motifs is 8. The van der Waals surface area contributed by atoms with Crippen molar-refractivity contribution in [1.82, 2.24) is 4.98 Å². The van der Waals surface area contributed by atoms with Crippen LogP contribution < -0.4 is 9.80 Å². The highest BCUT2D eigenvalue weighted by molar-refractivity contribution is 7.27. The van der Waals surface area contributed by atoms with Crippen LogP contribution in [0.2, 0.25) is 0 Å². The molecule has 0 saturated carbocycles. The van der Waals surface area contributed by atoms with Crippen molar-refractivity contribution in [2.75, 3.05) is 16.3 Å². The molecule has 0 fully saturated rings. The molecule has 0 saturated heterocycles. The molecule has 4 nitrogen and oxygen atoms in total. The van der Waals surface area contributed by atoms with Gasteiger partial charge in [-0.3, -0.25) is 4.99 Å². The zero-order valence-electron chi connectivity index (χ0n) is 27.7. The molecule has 3 heterocycles. The number of H-pyrrole nitrogens is 1. The van der Waals surface area contributed by atoms with Crippen LogP contribution in [0.1, 0.15) is 0 Å². The second-order valence-corrected chi connectivity index (χ2v) is 13.9. The predicted molar refractivity (Wildman–Crippen MR) is 219 cm³/mol. The zero-order valence-corrected chi connectivity index (χ0v) is 28.5. The van der Waals surface area contributed by atoms with Crippen molar-refractivity contribution < 1.29 is 0 Å². The average molecular weight is 673 g/mol. The summed E-state index contributed by atoms with van der Waals surface area (Å²) in [5, 5.41) is 7.78. The fourth-order valence-electron chi connectivity index (χ4n) is 7.58. The first kappa shape index (κ1) is 29.5. The van der Waals surface area contributed by atoms with E-state index in [2.05, 4.69) is 178 Å². The number of nitrogens with zero attached hydrogens (tertiary/aromatic N) is 3. The maximum atomic E-state index is 4.52. The van der Waals surface area contributed by atoms with Crippen molar-refractivity contribution >= 4 is 87.7 Å². The van der Waals surface area contributed by atoms with Gasteiger partial charge < -0.3 is 14.8 Å². The van der Waals surface area contributed by atoms with Crippen molar-refractivity contribution in [1.29, 1.82) is 0 Å². The molecule has 1 aliphatic heterocycles. The molecule has 0 amide bonds. The summed E-state index contributed by atoms with van der Waals surface area (Å²) in [5.74, 6) is 0. The highest BCUT2D eigenvalue weighted by Crippen LogP contribution is 2.46. The van der Waals surface area contributed by atoms with E-state index in [9.17, 15) is 0 Å². The van der Waals surface area contributed by atoms with Gasteiger partial charge in [0, 0.05) is 66.9 Å². The van der Waals surface area contributed by atoms with E-state index in [1.807, 2.05) is 29.9 Å². The van der Waals surface area contributed by atoms with Crippen LogP contribution in [0.25, 0.3) is 52.8 Å². The Bertz CT molecular complexity index is 2780. The maximum absolute atomic E-state index is 4.52. The Morgan fingerprint density at radius 1 is 0.510 bits per heavy atom. The standard InChI is InChI=1S/C46H32N4S/c1-2-9-31(10-3-1)32-17-19-33(20-18-32)49(34-11-8-12-35(27-34)50(37-23-25-47-29-37)38-24-26-48-30-38)36-21-22-41-43(28-36)39-13-4-5-14-40(39)45-42-15-6-7-16-44(42)51-46(41)45/h1-25,27-30,47H,26H2. The van der Waals surface area contributed by atoms with Crippen LogP contribution in [0, 0.1) is 0 Å². The molecule has 0 atom stereocenters. The van der Waals surface area contributed by atoms with Gasteiger partial charge in [-0.1, -0.05) is 97.1 Å². The highest BCUT2D eigenvalue weighted by Gasteiger charge is 2.21. The molecule has 5 heteroatoms. The third-order valence-electron chi connectivity index (χ3n) is 9.89. The predicted octanol–water partition coefficient (Wildman–Crippen LogP) is 12.9.